The molecule has 2 aliphatic rings. The third-order valence-electron chi connectivity index (χ3n) is 4.75. The molecule has 6 nitrogen and oxygen atoms in total. The number of hydrogen-bond acceptors (Lipinski definition) is 4. The number of urea groups is 1. The zero-order chi connectivity index (χ0) is 16.2. The number of rotatable bonds is 3. The van der Waals surface area contributed by atoms with Crippen LogP contribution in [0.1, 0.15) is 43.3 Å². The van der Waals surface area contributed by atoms with Crippen LogP contribution in [0.3, 0.4) is 0 Å². The van der Waals surface area contributed by atoms with E-state index in [1.807, 2.05) is 24.0 Å². The number of aryl methyl sites for hydroxylation is 1. The van der Waals surface area contributed by atoms with Gasteiger partial charge in [-0.3, -0.25) is 0 Å². The summed E-state index contributed by atoms with van der Waals surface area (Å²) in [6, 6.07) is 3.91. The van der Waals surface area contributed by atoms with Crippen molar-refractivity contribution in [2.24, 2.45) is 0 Å². The summed E-state index contributed by atoms with van der Waals surface area (Å²) in [5.41, 5.74) is 0. The molecule has 0 unspecified atom stereocenters. The second kappa shape index (κ2) is 7.36. The Morgan fingerprint density at radius 3 is 2.91 bits per heavy atom. The molecule has 2 fully saturated rings. The molecule has 6 heteroatoms. The first kappa shape index (κ1) is 16.3. The number of methoxy groups -OCH3 is 1. The summed E-state index contributed by atoms with van der Waals surface area (Å²) < 4.78 is 16.9. The fourth-order valence-corrected chi connectivity index (χ4v) is 3.43. The Bertz CT molecular complexity index is 530. The molecule has 1 N–H and O–H groups in total. The maximum Gasteiger partial charge on any atom is 0.317 e. The minimum absolute atomic E-state index is 0.0319. The normalized spacial score (nSPS) is 28.6. The predicted molar refractivity (Wildman–Crippen MR) is 85.3 cm³/mol. The molecule has 2 heterocycles. The van der Waals surface area contributed by atoms with E-state index in [4.69, 9.17) is 13.9 Å². The number of morpholine rings is 1. The smallest absolute Gasteiger partial charge is 0.317 e. The van der Waals surface area contributed by atoms with Gasteiger partial charge in [0.05, 0.1) is 25.3 Å². The molecule has 3 rings (SSSR count). The molecule has 128 valence electrons. The largest absolute Gasteiger partial charge is 0.464 e. The lowest BCUT2D eigenvalue weighted by Gasteiger charge is -2.36. The van der Waals surface area contributed by atoms with Gasteiger partial charge in [-0.1, -0.05) is 12.8 Å². The highest BCUT2D eigenvalue weighted by atomic mass is 16.5. The summed E-state index contributed by atoms with van der Waals surface area (Å²) in [5.74, 6) is 1.64. The van der Waals surface area contributed by atoms with E-state index in [9.17, 15) is 4.79 Å². The van der Waals surface area contributed by atoms with Crippen LogP contribution in [0, 0.1) is 6.92 Å². The quantitative estimate of drug-likeness (QED) is 0.929. The van der Waals surface area contributed by atoms with Crippen LogP contribution in [0.2, 0.25) is 0 Å². The van der Waals surface area contributed by atoms with Crippen LogP contribution in [-0.2, 0) is 9.47 Å². The fourth-order valence-electron chi connectivity index (χ4n) is 3.43. The molecule has 23 heavy (non-hydrogen) atoms. The standard InChI is InChI=1S/C17H26N2O4/c1-12-7-8-15(23-12)16-11-19(9-10-22-16)17(20)18-13-5-3-4-6-14(13)21-2/h7-8,13-14,16H,3-6,9-11H2,1-2H3,(H,18,20)/t13-,14-,16-/m1/s1. The Kier molecular flexibility index (Phi) is 5.23. The molecule has 0 radical (unpaired) electrons. The van der Waals surface area contributed by atoms with Crippen molar-refractivity contribution in [3.05, 3.63) is 23.7 Å². The Labute approximate surface area is 137 Å². The van der Waals surface area contributed by atoms with Crippen LogP contribution in [0.15, 0.2) is 16.5 Å². The van der Waals surface area contributed by atoms with E-state index >= 15 is 0 Å². The van der Waals surface area contributed by atoms with Crippen molar-refractivity contribution in [2.45, 2.75) is 50.9 Å². The van der Waals surface area contributed by atoms with Crippen molar-refractivity contribution in [2.75, 3.05) is 26.8 Å². The minimum atomic E-state index is -0.187. The molecule has 1 aromatic rings. The van der Waals surface area contributed by atoms with Crippen molar-refractivity contribution >= 4 is 6.03 Å². The van der Waals surface area contributed by atoms with Gasteiger partial charge in [-0.05, 0) is 31.9 Å². The number of carbonyl (C=O) groups is 1. The van der Waals surface area contributed by atoms with Gasteiger partial charge in [0.1, 0.15) is 17.6 Å². The van der Waals surface area contributed by atoms with Crippen molar-refractivity contribution in [1.82, 2.24) is 10.2 Å². The van der Waals surface area contributed by atoms with E-state index < -0.39 is 0 Å². The zero-order valence-corrected chi connectivity index (χ0v) is 13.9. The third-order valence-corrected chi connectivity index (χ3v) is 4.75. The first-order chi connectivity index (χ1) is 11.2. The van der Waals surface area contributed by atoms with Crippen LogP contribution in [0.25, 0.3) is 0 Å². The number of furan rings is 1. The molecule has 1 aliphatic heterocycles. The Morgan fingerprint density at radius 2 is 2.17 bits per heavy atom. The van der Waals surface area contributed by atoms with Gasteiger partial charge >= 0.3 is 6.03 Å². The van der Waals surface area contributed by atoms with Gasteiger partial charge in [-0.25, -0.2) is 4.79 Å². The average molecular weight is 322 g/mol. The van der Waals surface area contributed by atoms with Gasteiger partial charge in [-0.2, -0.15) is 0 Å². The molecule has 2 amide bonds. The summed E-state index contributed by atoms with van der Waals surface area (Å²) in [5, 5.41) is 3.14. The van der Waals surface area contributed by atoms with Gasteiger partial charge in [0.15, 0.2) is 0 Å². The van der Waals surface area contributed by atoms with Gasteiger partial charge < -0.3 is 24.1 Å². The monoisotopic (exact) mass is 322 g/mol. The lowest BCUT2D eigenvalue weighted by molar-refractivity contribution is -0.0282. The minimum Gasteiger partial charge on any atom is -0.464 e. The average Bonchev–Trinajstić information content (AvgIpc) is 3.02. The van der Waals surface area contributed by atoms with Gasteiger partial charge in [0.25, 0.3) is 0 Å². The highest BCUT2D eigenvalue weighted by Gasteiger charge is 2.31. The van der Waals surface area contributed by atoms with Crippen molar-refractivity contribution in [1.29, 1.82) is 0 Å². The topological polar surface area (TPSA) is 63.9 Å². The van der Waals surface area contributed by atoms with E-state index in [-0.39, 0.29) is 24.3 Å². The molecular weight excluding hydrogens is 296 g/mol. The maximum atomic E-state index is 12.6. The Balaban J connectivity index is 1.58. The van der Waals surface area contributed by atoms with Gasteiger partial charge in [0.2, 0.25) is 0 Å². The van der Waals surface area contributed by atoms with Crippen LogP contribution in [0.5, 0.6) is 0 Å². The van der Waals surface area contributed by atoms with Gasteiger partial charge in [-0.15, -0.1) is 0 Å². The molecule has 0 aromatic carbocycles. The molecule has 1 saturated carbocycles. The van der Waals surface area contributed by atoms with E-state index in [1.165, 1.54) is 6.42 Å². The summed E-state index contributed by atoms with van der Waals surface area (Å²) in [6.45, 7) is 3.55. The molecule has 0 bridgehead atoms. The number of carbonyl (C=O) groups excluding carboxylic acids is 1. The molecule has 1 aromatic heterocycles. The van der Waals surface area contributed by atoms with Crippen LogP contribution >= 0.6 is 0 Å². The number of nitrogens with zero attached hydrogens (tertiary/aromatic N) is 1. The number of ether oxygens (including phenoxy) is 2. The summed E-state index contributed by atoms with van der Waals surface area (Å²) in [4.78, 5) is 14.4. The molecule has 1 saturated heterocycles. The lowest BCUT2D eigenvalue weighted by Crippen LogP contribution is -2.53. The van der Waals surface area contributed by atoms with E-state index in [2.05, 4.69) is 5.32 Å². The van der Waals surface area contributed by atoms with E-state index in [0.29, 0.717) is 19.7 Å². The summed E-state index contributed by atoms with van der Waals surface area (Å²) in [6.07, 6.45) is 4.24. The second-order valence-electron chi connectivity index (χ2n) is 6.37. The van der Waals surface area contributed by atoms with E-state index in [1.54, 1.807) is 7.11 Å². The van der Waals surface area contributed by atoms with Crippen LogP contribution in [-0.4, -0.2) is 49.9 Å². The summed E-state index contributed by atoms with van der Waals surface area (Å²) >= 11 is 0. The maximum absolute atomic E-state index is 12.6. The molecule has 0 spiro atoms. The van der Waals surface area contributed by atoms with Crippen LogP contribution in [0.4, 0.5) is 4.79 Å². The van der Waals surface area contributed by atoms with Crippen LogP contribution < -0.4 is 5.32 Å². The fraction of sp³-hybridized carbons (Fsp3) is 0.706. The Morgan fingerprint density at radius 1 is 1.35 bits per heavy atom. The molecule has 3 atom stereocenters. The highest BCUT2D eigenvalue weighted by molar-refractivity contribution is 5.74. The first-order valence-electron chi connectivity index (χ1n) is 8.43. The van der Waals surface area contributed by atoms with Crippen molar-refractivity contribution < 1.29 is 18.7 Å². The number of amides is 2. The third kappa shape index (κ3) is 3.87. The second-order valence-corrected chi connectivity index (χ2v) is 6.37. The highest BCUT2D eigenvalue weighted by Crippen LogP contribution is 2.25. The van der Waals surface area contributed by atoms with Crippen molar-refractivity contribution in [3.8, 4) is 0 Å². The predicted octanol–water partition coefficient (Wildman–Crippen LogP) is 2.63. The first-order valence-corrected chi connectivity index (χ1v) is 8.43. The Hall–Kier alpha value is -1.53. The number of nitrogens with one attached hydrogen (secondary N) is 1. The van der Waals surface area contributed by atoms with Gasteiger partial charge in [0, 0.05) is 13.7 Å². The molecular formula is C17H26N2O4. The SMILES string of the molecule is CO[C@@H]1CCCC[C@H]1NC(=O)N1CCO[C@@H](c2ccc(C)o2)C1. The number of hydrogen-bond donors (Lipinski definition) is 1. The van der Waals surface area contributed by atoms with E-state index in [0.717, 1.165) is 30.8 Å². The summed E-state index contributed by atoms with van der Waals surface area (Å²) in [7, 11) is 1.72. The van der Waals surface area contributed by atoms with Crippen molar-refractivity contribution in [3.63, 3.8) is 0 Å². The zero-order valence-electron chi connectivity index (χ0n) is 13.9. The molecule has 1 aliphatic carbocycles. The lowest BCUT2D eigenvalue weighted by atomic mass is 9.92.